The van der Waals surface area contributed by atoms with Crippen molar-refractivity contribution >= 4 is 0 Å². The average Bonchev–Trinajstić information content (AvgIpc) is 2.44. The molecule has 0 fully saturated rings. The van der Waals surface area contributed by atoms with Crippen LogP contribution in [-0.4, -0.2) is 52.4 Å². The van der Waals surface area contributed by atoms with Gasteiger partial charge in [0.1, 0.15) is 0 Å². The van der Waals surface area contributed by atoms with Crippen molar-refractivity contribution in [2.75, 3.05) is 52.4 Å². The molecule has 0 heterocycles. The van der Waals surface area contributed by atoms with Gasteiger partial charge >= 0.3 is 0 Å². The zero-order valence-electron chi connectivity index (χ0n) is 17.4. The Labute approximate surface area is 230 Å². The molecule has 0 unspecified atom stereocenters. The van der Waals surface area contributed by atoms with Gasteiger partial charge in [0, 0.05) is 105 Å². The van der Waals surface area contributed by atoms with Crippen molar-refractivity contribution in [3.05, 3.63) is 21.3 Å². The zero-order chi connectivity index (χ0) is 16.5. The fourth-order valence-electron chi connectivity index (χ4n) is 0.894. The van der Waals surface area contributed by atoms with Crippen LogP contribution in [0.25, 0.3) is 21.3 Å². The molecule has 0 aliphatic carbocycles. The third kappa shape index (κ3) is 117. The molecule has 0 aliphatic heterocycles. The van der Waals surface area contributed by atoms with E-state index in [0.29, 0.717) is 0 Å². The molecule has 24 heavy (non-hydrogen) atoms. The Morgan fingerprint density at radius 1 is 0.292 bits per heavy atom. The topological polar surface area (TPSA) is 56.4 Å². The number of hydrogen-bond acceptors (Lipinski definition) is 0. The summed E-state index contributed by atoms with van der Waals surface area (Å²) in [5.74, 6) is 0. The molecule has 144 valence electrons. The third-order valence-electron chi connectivity index (χ3n) is 1.79. The molecular formula is C16H40N4Zr4-4. The predicted molar refractivity (Wildman–Crippen MR) is 97.8 cm³/mol. The van der Waals surface area contributed by atoms with Crippen LogP contribution in [0.3, 0.4) is 0 Å². The summed E-state index contributed by atoms with van der Waals surface area (Å²) in [5.41, 5.74) is 0. The summed E-state index contributed by atoms with van der Waals surface area (Å²) in [4.78, 5) is 0. The molecule has 0 aliphatic rings. The Morgan fingerprint density at radius 2 is 0.375 bits per heavy atom. The molecule has 0 saturated carbocycles. The van der Waals surface area contributed by atoms with Crippen LogP contribution >= 0.6 is 0 Å². The van der Waals surface area contributed by atoms with Gasteiger partial charge in [-0.05, 0) is 0 Å². The van der Waals surface area contributed by atoms with E-state index in [4.69, 9.17) is 0 Å². The first-order chi connectivity index (χ1) is 9.66. The summed E-state index contributed by atoms with van der Waals surface area (Å²) in [6.45, 7) is 24.1. The average molecular weight is 653 g/mol. The quantitative estimate of drug-likeness (QED) is 0.328. The van der Waals surface area contributed by atoms with Gasteiger partial charge in [-0.15, -0.1) is 0 Å². The van der Waals surface area contributed by atoms with Crippen LogP contribution in [0.4, 0.5) is 0 Å². The minimum atomic E-state index is 0. The molecule has 0 radical (unpaired) electrons. The van der Waals surface area contributed by atoms with Gasteiger partial charge in [-0.2, -0.15) is 52.4 Å². The van der Waals surface area contributed by atoms with Crippen molar-refractivity contribution < 1.29 is 105 Å². The van der Waals surface area contributed by atoms with Crippen molar-refractivity contribution in [2.45, 2.75) is 55.4 Å². The molecule has 0 atom stereocenters. The second-order valence-electron chi connectivity index (χ2n) is 3.42. The molecular weight excluding hydrogens is 613 g/mol. The summed E-state index contributed by atoms with van der Waals surface area (Å²) in [6, 6.07) is 0. The predicted octanol–water partition coefficient (Wildman–Crippen LogP) is 5.59. The fourth-order valence-corrected chi connectivity index (χ4v) is 0.894. The first-order valence-corrected chi connectivity index (χ1v) is 8.19. The van der Waals surface area contributed by atoms with E-state index in [1.54, 1.807) is 0 Å². The molecule has 0 aromatic carbocycles. The first-order valence-electron chi connectivity index (χ1n) is 8.19. The summed E-state index contributed by atoms with van der Waals surface area (Å²) in [7, 11) is 0. The summed E-state index contributed by atoms with van der Waals surface area (Å²) >= 11 is 0. The van der Waals surface area contributed by atoms with Gasteiger partial charge in [0.25, 0.3) is 0 Å². The Hall–Kier alpha value is 3.37. The molecule has 0 saturated heterocycles. The van der Waals surface area contributed by atoms with Crippen LogP contribution in [0.5, 0.6) is 0 Å². The van der Waals surface area contributed by atoms with Crippen LogP contribution in [0.15, 0.2) is 0 Å². The Morgan fingerprint density at radius 3 is 0.375 bits per heavy atom. The van der Waals surface area contributed by atoms with Crippen molar-refractivity contribution in [3.63, 3.8) is 0 Å². The van der Waals surface area contributed by atoms with Gasteiger partial charge in [0.15, 0.2) is 0 Å². The largest absolute Gasteiger partial charge is 0.663 e. The van der Waals surface area contributed by atoms with E-state index in [2.05, 4.69) is 21.3 Å². The van der Waals surface area contributed by atoms with Crippen LogP contribution < -0.4 is 0 Å². The van der Waals surface area contributed by atoms with Gasteiger partial charge in [-0.25, -0.2) is 0 Å². The molecule has 0 bridgehead atoms. The van der Waals surface area contributed by atoms with E-state index in [-0.39, 0.29) is 105 Å². The maximum absolute atomic E-state index is 3.97. The van der Waals surface area contributed by atoms with Gasteiger partial charge in [0.2, 0.25) is 0 Å². The number of nitrogens with zero attached hydrogens (tertiary/aromatic N) is 4. The molecule has 0 N–H and O–H groups in total. The normalized spacial score (nSPS) is 7.00. The Balaban J connectivity index is -0.0000000225. The van der Waals surface area contributed by atoms with Gasteiger partial charge in [0.05, 0.1) is 0 Å². The fraction of sp³-hybridized carbons (Fsp3) is 1.00. The first kappa shape index (κ1) is 50.7. The summed E-state index contributed by atoms with van der Waals surface area (Å²) in [6.07, 6.45) is 0. The van der Waals surface area contributed by atoms with E-state index < -0.39 is 0 Å². The maximum atomic E-state index is 3.97. The van der Waals surface area contributed by atoms with E-state index >= 15 is 0 Å². The molecule has 4 nitrogen and oxygen atoms in total. The van der Waals surface area contributed by atoms with Gasteiger partial charge < -0.3 is 21.3 Å². The smallest absolute Gasteiger partial charge is 0 e. The van der Waals surface area contributed by atoms with Crippen LogP contribution in [0.1, 0.15) is 55.4 Å². The SMILES string of the molecule is CC[N-]CC.CC[N-]CC.CC[N-]CC.CC[N-]CC.[Zr].[Zr].[Zr].[Zr]. The van der Waals surface area contributed by atoms with Gasteiger partial charge in [-0.3, -0.25) is 0 Å². The van der Waals surface area contributed by atoms with E-state index in [1.165, 1.54) is 0 Å². The molecule has 0 amide bonds. The monoisotopic (exact) mass is 648 g/mol. The molecule has 0 rings (SSSR count). The van der Waals surface area contributed by atoms with E-state index in [9.17, 15) is 0 Å². The van der Waals surface area contributed by atoms with Gasteiger partial charge in [-0.1, -0.05) is 55.4 Å². The molecule has 0 aromatic heterocycles. The second-order valence-corrected chi connectivity index (χ2v) is 3.42. The second kappa shape index (κ2) is 71.8. The van der Waals surface area contributed by atoms with Crippen LogP contribution in [-0.2, 0) is 105 Å². The Kier molecular flexibility index (Phi) is 152. The minimum Gasteiger partial charge on any atom is -0.663 e. The standard InChI is InChI=1S/4C4H10N.4Zr/c4*1-3-5-4-2;;;;/h4*3-4H2,1-2H3;;;;/q4*-1;;;;. The van der Waals surface area contributed by atoms with E-state index in [0.717, 1.165) is 52.4 Å². The van der Waals surface area contributed by atoms with Crippen molar-refractivity contribution in [3.8, 4) is 0 Å². The minimum absolute atomic E-state index is 0. The number of rotatable bonds is 8. The third-order valence-corrected chi connectivity index (χ3v) is 1.79. The van der Waals surface area contributed by atoms with Crippen molar-refractivity contribution in [1.82, 2.24) is 0 Å². The van der Waals surface area contributed by atoms with Crippen molar-refractivity contribution in [2.24, 2.45) is 0 Å². The molecule has 0 spiro atoms. The summed E-state index contributed by atoms with van der Waals surface area (Å²) < 4.78 is 0. The zero-order valence-corrected chi connectivity index (χ0v) is 27.3. The summed E-state index contributed by atoms with van der Waals surface area (Å²) in [5, 5.41) is 15.9. The Bertz CT molecular complexity index is 84.1. The molecule has 8 heteroatoms. The number of hydrogen-bond donors (Lipinski definition) is 0. The van der Waals surface area contributed by atoms with E-state index in [1.807, 2.05) is 55.4 Å². The van der Waals surface area contributed by atoms with Crippen LogP contribution in [0.2, 0.25) is 0 Å². The van der Waals surface area contributed by atoms with Crippen molar-refractivity contribution in [1.29, 1.82) is 0 Å². The van der Waals surface area contributed by atoms with Crippen LogP contribution in [0, 0.1) is 0 Å². The molecule has 0 aromatic rings. The maximum Gasteiger partial charge on any atom is 0 e.